The van der Waals surface area contributed by atoms with Crippen LogP contribution in [0.5, 0.6) is 0 Å². The quantitative estimate of drug-likeness (QED) is 0.0769. The van der Waals surface area contributed by atoms with Gasteiger partial charge >= 0.3 is 18.3 Å². The molecule has 2 aliphatic rings. The molecule has 0 aromatic heterocycles. The van der Waals surface area contributed by atoms with Gasteiger partial charge in [0.25, 0.3) is 0 Å². The van der Waals surface area contributed by atoms with Crippen molar-refractivity contribution in [1.82, 2.24) is 36.0 Å². The number of hydrogen-bond donors (Lipinski definition) is 4. The third-order valence-electron chi connectivity index (χ3n) is 12.2. The van der Waals surface area contributed by atoms with Crippen LogP contribution in [0.2, 0.25) is 0 Å². The van der Waals surface area contributed by atoms with E-state index in [4.69, 9.17) is 14.2 Å². The van der Waals surface area contributed by atoms with Crippen LogP contribution in [-0.4, -0.2) is 137 Å². The Morgan fingerprint density at radius 3 is 1.77 bits per heavy atom. The van der Waals surface area contributed by atoms with Gasteiger partial charge in [0.1, 0.15) is 41.5 Å². The van der Waals surface area contributed by atoms with Gasteiger partial charge in [-0.15, -0.1) is 0 Å². The first-order valence-corrected chi connectivity index (χ1v) is 25.3. The Labute approximate surface area is 422 Å². The van der Waals surface area contributed by atoms with Gasteiger partial charge in [0.05, 0.1) is 0 Å². The molecule has 2 aromatic rings. The third-order valence-corrected chi connectivity index (χ3v) is 12.2. The number of rotatable bonds is 20. The van der Waals surface area contributed by atoms with Gasteiger partial charge in [-0.25, -0.2) is 14.4 Å². The molecule has 0 saturated carbocycles. The van der Waals surface area contributed by atoms with Crippen molar-refractivity contribution in [3.05, 3.63) is 71.8 Å². The van der Waals surface area contributed by atoms with Crippen LogP contribution < -0.4 is 21.3 Å². The van der Waals surface area contributed by atoms with Crippen molar-refractivity contribution < 1.29 is 47.8 Å². The molecule has 17 heteroatoms. The molecule has 0 radical (unpaired) electrons. The smallest absolute Gasteiger partial charge is 0.410 e. The fourth-order valence-corrected chi connectivity index (χ4v) is 8.66. The molecule has 0 aliphatic carbocycles. The SMILES string of the molecule is CC(C)C[C@@H](NC(=O)[C@@H](Cc1ccccc1)NC(=O)CN(C[C@H](C)c1ccccc1)C(=O)OC(C)(C)C)C(=O)N[C@H](CCCCNC(=O)OC(C)(C)C)C(=O)N1CCC2(CC1)CN(C(=O)OC(C)(C)C)C2. The van der Waals surface area contributed by atoms with Crippen LogP contribution in [0.15, 0.2) is 60.7 Å². The highest BCUT2D eigenvalue weighted by Gasteiger charge is 2.49. The maximum Gasteiger partial charge on any atom is 0.410 e. The van der Waals surface area contributed by atoms with Crippen LogP contribution in [-0.2, 0) is 39.8 Å². The number of likely N-dealkylation sites (tertiary alicyclic amines) is 2. The summed E-state index contributed by atoms with van der Waals surface area (Å²) in [6, 6.07) is 15.6. The van der Waals surface area contributed by atoms with E-state index in [0.717, 1.165) is 11.1 Å². The number of piperidine rings is 1. The van der Waals surface area contributed by atoms with Gasteiger partial charge in [0, 0.05) is 51.1 Å². The highest BCUT2D eigenvalue weighted by molar-refractivity contribution is 5.95. The molecule has 4 N–H and O–H groups in total. The number of ether oxygens (including phenoxy) is 3. The first-order chi connectivity index (χ1) is 33.1. The van der Waals surface area contributed by atoms with Crippen LogP contribution in [0.3, 0.4) is 0 Å². The second-order valence-corrected chi connectivity index (χ2v) is 22.8. The van der Waals surface area contributed by atoms with Gasteiger partial charge in [0.2, 0.25) is 23.6 Å². The predicted octanol–water partition coefficient (Wildman–Crippen LogP) is 7.32. The van der Waals surface area contributed by atoms with Crippen molar-refractivity contribution >= 4 is 41.9 Å². The highest BCUT2D eigenvalue weighted by Crippen LogP contribution is 2.41. The van der Waals surface area contributed by atoms with Crippen molar-refractivity contribution in [1.29, 1.82) is 0 Å². The highest BCUT2D eigenvalue weighted by atomic mass is 16.6. The van der Waals surface area contributed by atoms with Crippen molar-refractivity contribution in [2.75, 3.05) is 45.8 Å². The van der Waals surface area contributed by atoms with E-state index in [0.29, 0.717) is 58.4 Å². The first-order valence-electron chi connectivity index (χ1n) is 25.3. The number of nitrogens with zero attached hydrogens (tertiary/aromatic N) is 3. The minimum absolute atomic E-state index is 0.0590. The molecule has 394 valence electrons. The van der Waals surface area contributed by atoms with Crippen LogP contribution in [0.25, 0.3) is 0 Å². The minimum Gasteiger partial charge on any atom is -0.444 e. The topological polar surface area (TPSA) is 205 Å². The van der Waals surface area contributed by atoms with E-state index in [-0.39, 0.29) is 55.1 Å². The lowest BCUT2D eigenvalue weighted by atomic mass is 9.72. The number of carbonyl (C=O) groups is 7. The van der Waals surface area contributed by atoms with Crippen molar-refractivity contribution in [2.45, 2.75) is 169 Å². The molecule has 4 rings (SSSR count). The van der Waals surface area contributed by atoms with Crippen molar-refractivity contribution in [3.63, 3.8) is 0 Å². The zero-order chi connectivity index (χ0) is 52.7. The molecule has 1 spiro atoms. The molecule has 2 aromatic carbocycles. The normalized spacial score (nSPS) is 16.4. The van der Waals surface area contributed by atoms with Gasteiger partial charge in [-0.3, -0.25) is 24.1 Å². The fraction of sp³-hybridized carbons (Fsp3) is 0.648. The number of nitrogens with one attached hydrogen (secondary N) is 4. The van der Waals surface area contributed by atoms with Crippen LogP contribution in [0.1, 0.15) is 139 Å². The summed E-state index contributed by atoms with van der Waals surface area (Å²) in [6.45, 7) is 23.9. The summed E-state index contributed by atoms with van der Waals surface area (Å²) in [5, 5.41) is 11.5. The zero-order valence-corrected chi connectivity index (χ0v) is 44.5. The standard InChI is InChI=1S/C54H83N7O10/c1-37(2)31-42(58-46(64)43(32-39-21-15-13-16-22-39)56-44(62)34-60(49(67)70-52(7,8)9)33-38(3)40-23-17-14-18-24-40)45(63)57-41(25-19-20-28-55-48(66)69-51(4,5)6)47(65)59-29-26-54(27-30-59)35-61(36-54)50(68)71-53(10,11)12/h13-18,21-24,37-38,41-43H,19-20,25-36H2,1-12H3,(H,55,66)(H,56,62)(H,57,63)(H,58,64)/t38-,41+,42+,43+/m0/s1. The maximum atomic E-state index is 14.5. The Hall–Kier alpha value is -5.87. The molecule has 2 heterocycles. The van der Waals surface area contributed by atoms with E-state index in [1.807, 2.05) is 102 Å². The Kier molecular flexibility index (Phi) is 20.7. The molecular weight excluding hydrogens is 907 g/mol. The Bertz CT molecular complexity index is 2080. The zero-order valence-electron chi connectivity index (χ0n) is 44.5. The molecule has 2 aliphatic heterocycles. The molecule has 2 fully saturated rings. The van der Waals surface area contributed by atoms with E-state index in [2.05, 4.69) is 21.3 Å². The fourth-order valence-electron chi connectivity index (χ4n) is 8.66. The molecular formula is C54H83N7O10. The van der Waals surface area contributed by atoms with Crippen LogP contribution >= 0.6 is 0 Å². The number of carbonyl (C=O) groups excluding carboxylic acids is 7. The van der Waals surface area contributed by atoms with Gasteiger partial charge in [-0.1, -0.05) is 81.4 Å². The van der Waals surface area contributed by atoms with Crippen LogP contribution in [0.4, 0.5) is 14.4 Å². The Balaban J connectivity index is 1.51. The Morgan fingerprint density at radius 1 is 0.662 bits per heavy atom. The summed E-state index contributed by atoms with van der Waals surface area (Å²) in [5.41, 5.74) is -0.478. The number of alkyl carbamates (subject to hydrolysis) is 1. The summed E-state index contributed by atoms with van der Waals surface area (Å²) < 4.78 is 16.6. The van der Waals surface area contributed by atoms with E-state index < -0.39 is 71.4 Å². The molecule has 0 bridgehead atoms. The van der Waals surface area contributed by atoms with Gasteiger partial charge in [-0.05, 0) is 124 Å². The number of amides is 7. The van der Waals surface area contributed by atoms with Gasteiger partial charge < -0.3 is 45.3 Å². The second kappa shape index (κ2) is 25.5. The molecule has 4 atom stereocenters. The summed E-state index contributed by atoms with van der Waals surface area (Å²) >= 11 is 0. The lowest BCUT2D eigenvalue weighted by molar-refractivity contribution is -0.141. The van der Waals surface area contributed by atoms with E-state index in [1.54, 1.807) is 51.3 Å². The van der Waals surface area contributed by atoms with E-state index in [9.17, 15) is 33.6 Å². The summed E-state index contributed by atoms with van der Waals surface area (Å²) in [7, 11) is 0. The number of hydrogen-bond acceptors (Lipinski definition) is 10. The first kappa shape index (κ1) is 57.7. The summed E-state index contributed by atoms with van der Waals surface area (Å²) in [4.78, 5) is 101. The maximum absolute atomic E-state index is 14.5. The summed E-state index contributed by atoms with van der Waals surface area (Å²) in [5.74, 6) is -2.21. The van der Waals surface area contributed by atoms with Crippen molar-refractivity contribution in [2.24, 2.45) is 11.3 Å². The number of unbranched alkanes of at least 4 members (excludes halogenated alkanes) is 1. The third kappa shape index (κ3) is 20.0. The monoisotopic (exact) mass is 990 g/mol. The molecule has 7 amide bonds. The number of benzene rings is 2. The van der Waals surface area contributed by atoms with Crippen molar-refractivity contribution in [3.8, 4) is 0 Å². The second-order valence-electron chi connectivity index (χ2n) is 22.8. The van der Waals surface area contributed by atoms with Crippen LogP contribution in [0, 0.1) is 11.3 Å². The lowest BCUT2D eigenvalue weighted by Crippen LogP contribution is -2.64. The van der Waals surface area contributed by atoms with Gasteiger partial charge in [0.15, 0.2) is 0 Å². The lowest BCUT2D eigenvalue weighted by Gasteiger charge is -2.53. The molecule has 71 heavy (non-hydrogen) atoms. The average molecular weight is 990 g/mol. The minimum atomic E-state index is -1.15. The molecule has 2 saturated heterocycles. The largest absolute Gasteiger partial charge is 0.444 e. The van der Waals surface area contributed by atoms with E-state index >= 15 is 0 Å². The average Bonchev–Trinajstić information content (AvgIpc) is 3.25. The molecule has 17 nitrogen and oxygen atoms in total. The Morgan fingerprint density at radius 2 is 1.21 bits per heavy atom. The summed E-state index contributed by atoms with van der Waals surface area (Å²) in [6.07, 6.45) is 1.36. The molecule has 0 unspecified atom stereocenters. The predicted molar refractivity (Wildman–Crippen MR) is 272 cm³/mol. The van der Waals surface area contributed by atoms with Gasteiger partial charge in [-0.2, -0.15) is 0 Å². The van der Waals surface area contributed by atoms with E-state index in [1.165, 1.54) is 4.90 Å².